The van der Waals surface area contributed by atoms with Crippen molar-refractivity contribution in [1.82, 2.24) is 15.3 Å². The number of nitrogens with one attached hydrogen (secondary N) is 1. The molecule has 0 saturated heterocycles. The highest BCUT2D eigenvalue weighted by atomic mass is 19.2. The van der Waals surface area contributed by atoms with Crippen LogP contribution in [0.4, 0.5) is 8.78 Å². The van der Waals surface area contributed by atoms with Gasteiger partial charge in [0.2, 0.25) is 0 Å². The van der Waals surface area contributed by atoms with Crippen LogP contribution in [-0.2, 0) is 6.42 Å². The quantitative estimate of drug-likeness (QED) is 0.806. The second kappa shape index (κ2) is 6.48. The van der Waals surface area contributed by atoms with Crippen LogP contribution >= 0.6 is 0 Å². The number of fused-ring (bicyclic) bond motifs is 1. The fourth-order valence-corrected chi connectivity index (χ4v) is 2.17. The van der Waals surface area contributed by atoms with Gasteiger partial charge in [-0.3, -0.25) is 9.78 Å². The molecule has 2 aromatic carbocycles. The van der Waals surface area contributed by atoms with Crippen LogP contribution in [0, 0.1) is 11.6 Å². The van der Waals surface area contributed by atoms with Gasteiger partial charge in [-0.1, -0.05) is 18.2 Å². The van der Waals surface area contributed by atoms with E-state index in [1.807, 2.05) is 18.2 Å². The van der Waals surface area contributed by atoms with Gasteiger partial charge in [0.25, 0.3) is 5.91 Å². The highest BCUT2D eigenvalue weighted by Gasteiger charge is 2.09. The molecule has 1 N–H and O–H groups in total. The number of hydrogen-bond acceptors (Lipinski definition) is 3. The lowest BCUT2D eigenvalue weighted by atomic mass is 10.1. The zero-order valence-corrected chi connectivity index (χ0v) is 12.1. The van der Waals surface area contributed by atoms with Crippen molar-refractivity contribution in [3.05, 3.63) is 71.6 Å². The minimum absolute atomic E-state index is 0.217. The second-order valence-electron chi connectivity index (χ2n) is 5.00. The minimum atomic E-state index is -0.894. The lowest BCUT2D eigenvalue weighted by Crippen LogP contribution is -2.26. The number of nitrogens with zero attached hydrogens (tertiary/aromatic N) is 2. The summed E-state index contributed by atoms with van der Waals surface area (Å²) in [5.74, 6) is -2.13. The van der Waals surface area contributed by atoms with Crippen molar-refractivity contribution in [2.24, 2.45) is 0 Å². The van der Waals surface area contributed by atoms with E-state index in [0.29, 0.717) is 29.6 Å². The molecule has 0 bridgehead atoms. The molecule has 3 aromatic rings. The Kier molecular flexibility index (Phi) is 4.23. The summed E-state index contributed by atoms with van der Waals surface area (Å²) < 4.78 is 25.9. The number of rotatable bonds is 4. The Bertz CT molecular complexity index is 867. The summed E-state index contributed by atoms with van der Waals surface area (Å²) in [6, 6.07) is 10.9. The molecule has 4 nitrogen and oxygen atoms in total. The predicted molar refractivity (Wildman–Crippen MR) is 81.9 cm³/mol. The first kappa shape index (κ1) is 15.0. The zero-order chi connectivity index (χ0) is 16.2. The summed E-state index contributed by atoms with van der Waals surface area (Å²) >= 11 is 0. The number of halogens is 2. The van der Waals surface area contributed by atoms with Crippen LogP contribution in [0.3, 0.4) is 0 Å². The smallest absolute Gasteiger partial charge is 0.271 e. The van der Waals surface area contributed by atoms with Crippen LogP contribution in [0.5, 0.6) is 0 Å². The molecular weight excluding hydrogens is 300 g/mol. The number of aromatic nitrogens is 2. The van der Waals surface area contributed by atoms with E-state index in [4.69, 9.17) is 0 Å². The third-order valence-electron chi connectivity index (χ3n) is 3.36. The monoisotopic (exact) mass is 313 g/mol. The van der Waals surface area contributed by atoms with Crippen LogP contribution in [0.25, 0.3) is 11.0 Å². The van der Waals surface area contributed by atoms with Gasteiger partial charge in [0.05, 0.1) is 17.2 Å². The molecule has 3 rings (SSSR count). The third kappa shape index (κ3) is 3.48. The average molecular weight is 313 g/mol. The summed E-state index contributed by atoms with van der Waals surface area (Å²) in [5.41, 5.74) is 2.18. The standard InChI is InChI=1S/C17H13F2N3O/c18-12-6-5-11(9-13(12)19)7-8-20-17(23)16-10-21-14-3-1-2-4-15(14)22-16/h1-6,9-10H,7-8H2,(H,20,23). The first-order valence-electron chi connectivity index (χ1n) is 7.07. The van der Waals surface area contributed by atoms with Crippen molar-refractivity contribution in [2.75, 3.05) is 6.54 Å². The summed E-state index contributed by atoms with van der Waals surface area (Å²) in [7, 11) is 0. The number of amides is 1. The average Bonchev–Trinajstić information content (AvgIpc) is 2.57. The second-order valence-corrected chi connectivity index (χ2v) is 5.00. The van der Waals surface area contributed by atoms with Gasteiger partial charge in [0.1, 0.15) is 5.69 Å². The van der Waals surface area contributed by atoms with Crippen LogP contribution < -0.4 is 5.32 Å². The normalized spacial score (nSPS) is 10.7. The maximum absolute atomic E-state index is 13.1. The summed E-state index contributed by atoms with van der Waals surface area (Å²) in [6.07, 6.45) is 1.80. The van der Waals surface area contributed by atoms with Crippen molar-refractivity contribution in [3.63, 3.8) is 0 Å². The predicted octanol–water partition coefficient (Wildman–Crippen LogP) is 2.88. The SMILES string of the molecule is O=C(NCCc1ccc(F)c(F)c1)c1cnc2ccccc2n1. The molecule has 0 spiro atoms. The van der Waals surface area contributed by atoms with Crippen molar-refractivity contribution in [2.45, 2.75) is 6.42 Å². The number of carbonyl (C=O) groups excluding carboxylic acids is 1. The fourth-order valence-electron chi connectivity index (χ4n) is 2.17. The van der Waals surface area contributed by atoms with Gasteiger partial charge in [-0.15, -0.1) is 0 Å². The maximum Gasteiger partial charge on any atom is 0.271 e. The largest absolute Gasteiger partial charge is 0.350 e. The van der Waals surface area contributed by atoms with Crippen LogP contribution in [0.15, 0.2) is 48.7 Å². The van der Waals surface area contributed by atoms with Crippen LogP contribution in [-0.4, -0.2) is 22.4 Å². The molecular formula is C17H13F2N3O. The van der Waals surface area contributed by atoms with Crippen molar-refractivity contribution >= 4 is 16.9 Å². The van der Waals surface area contributed by atoms with Gasteiger partial charge in [-0.2, -0.15) is 0 Å². The zero-order valence-electron chi connectivity index (χ0n) is 12.1. The molecule has 0 aliphatic heterocycles. The van der Waals surface area contributed by atoms with Gasteiger partial charge in [-0.05, 0) is 36.2 Å². The van der Waals surface area contributed by atoms with E-state index in [2.05, 4.69) is 15.3 Å². The van der Waals surface area contributed by atoms with E-state index in [9.17, 15) is 13.6 Å². The first-order chi connectivity index (χ1) is 11.1. The topological polar surface area (TPSA) is 54.9 Å². The first-order valence-corrected chi connectivity index (χ1v) is 7.07. The fraction of sp³-hybridized carbons (Fsp3) is 0.118. The Hall–Kier alpha value is -2.89. The number of benzene rings is 2. The van der Waals surface area contributed by atoms with Crippen molar-refractivity contribution in [1.29, 1.82) is 0 Å². The molecule has 23 heavy (non-hydrogen) atoms. The Labute approximate surface area is 131 Å². The lowest BCUT2D eigenvalue weighted by Gasteiger charge is -2.06. The molecule has 0 unspecified atom stereocenters. The summed E-state index contributed by atoms with van der Waals surface area (Å²) in [5, 5.41) is 2.69. The summed E-state index contributed by atoms with van der Waals surface area (Å²) in [4.78, 5) is 20.5. The van der Waals surface area contributed by atoms with E-state index in [1.54, 1.807) is 6.07 Å². The number of carbonyl (C=O) groups is 1. The summed E-state index contributed by atoms with van der Waals surface area (Å²) in [6.45, 7) is 0.290. The van der Waals surface area contributed by atoms with Crippen LogP contribution in [0.1, 0.15) is 16.1 Å². The van der Waals surface area contributed by atoms with Crippen LogP contribution in [0.2, 0.25) is 0 Å². The van der Waals surface area contributed by atoms with E-state index in [-0.39, 0.29) is 11.6 Å². The van der Waals surface area contributed by atoms with Crippen molar-refractivity contribution in [3.8, 4) is 0 Å². The molecule has 0 radical (unpaired) electrons. The minimum Gasteiger partial charge on any atom is -0.350 e. The van der Waals surface area contributed by atoms with Gasteiger partial charge < -0.3 is 5.32 Å². The van der Waals surface area contributed by atoms with Gasteiger partial charge in [0, 0.05) is 6.54 Å². The van der Waals surface area contributed by atoms with Gasteiger partial charge in [0.15, 0.2) is 11.6 Å². The molecule has 116 valence electrons. The molecule has 0 atom stereocenters. The molecule has 1 aromatic heterocycles. The van der Waals surface area contributed by atoms with Crippen molar-refractivity contribution < 1.29 is 13.6 Å². The highest BCUT2D eigenvalue weighted by molar-refractivity contribution is 5.93. The molecule has 0 aliphatic rings. The van der Waals surface area contributed by atoms with E-state index < -0.39 is 11.6 Å². The lowest BCUT2D eigenvalue weighted by molar-refractivity contribution is 0.0949. The third-order valence-corrected chi connectivity index (χ3v) is 3.36. The number of hydrogen-bond donors (Lipinski definition) is 1. The molecule has 0 aliphatic carbocycles. The van der Waals surface area contributed by atoms with E-state index >= 15 is 0 Å². The Morgan fingerprint density at radius 2 is 1.83 bits per heavy atom. The highest BCUT2D eigenvalue weighted by Crippen LogP contribution is 2.10. The van der Waals surface area contributed by atoms with E-state index in [0.717, 1.165) is 12.1 Å². The Morgan fingerprint density at radius 1 is 1.04 bits per heavy atom. The van der Waals surface area contributed by atoms with Gasteiger partial charge in [-0.25, -0.2) is 13.8 Å². The molecule has 0 fully saturated rings. The molecule has 1 heterocycles. The Morgan fingerprint density at radius 3 is 2.61 bits per heavy atom. The molecule has 1 amide bonds. The Balaban J connectivity index is 1.62. The van der Waals surface area contributed by atoms with E-state index in [1.165, 1.54) is 12.3 Å². The number of para-hydroxylation sites is 2. The van der Waals surface area contributed by atoms with Gasteiger partial charge >= 0.3 is 0 Å². The molecule has 0 saturated carbocycles. The maximum atomic E-state index is 13.1. The molecule has 6 heteroatoms.